The number of aromatic nitrogens is 2. The van der Waals surface area contributed by atoms with Crippen molar-refractivity contribution in [3.63, 3.8) is 0 Å². The summed E-state index contributed by atoms with van der Waals surface area (Å²) in [6.45, 7) is 0. The monoisotopic (exact) mass is 334 g/mol. The van der Waals surface area contributed by atoms with Gasteiger partial charge in [-0.1, -0.05) is 11.6 Å². The highest BCUT2D eigenvalue weighted by Crippen LogP contribution is 2.20. The zero-order chi connectivity index (χ0) is 10.8. The molecule has 0 saturated carbocycles. The second kappa shape index (κ2) is 4.40. The zero-order valence-electron chi connectivity index (χ0n) is 7.42. The molecular weight excluding hydrogens is 329 g/mol. The Morgan fingerprint density at radius 3 is 2.47 bits per heavy atom. The molecule has 0 aliphatic heterocycles. The average Bonchev–Trinajstić information content (AvgIpc) is 2.23. The third kappa shape index (κ3) is 2.43. The van der Waals surface area contributed by atoms with Crippen LogP contribution in [0.5, 0.6) is 0 Å². The fraction of sp³-hybridized carbons (Fsp3) is 0. The van der Waals surface area contributed by atoms with Gasteiger partial charge in [0.25, 0.3) is 0 Å². The minimum atomic E-state index is -0.282. The molecule has 0 aliphatic carbocycles. The maximum absolute atomic E-state index is 12.7. The molecule has 15 heavy (non-hydrogen) atoms. The van der Waals surface area contributed by atoms with Crippen LogP contribution in [0.4, 0.5) is 4.39 Å². The molecule has 2 nitrogen and oxygen atoms in total. The van der Waals surface area contributed by atoms with Gasteiger partial charge >= 0.3 is 0 Å². The average molecular weight is 335 g/mol. The first kappa shape index (κ1) is 10.8. The quantitative estimate of drug-likeness (QED) is 0.589. The molecule has 0 saturated heterocycles. The van der Waals surface area contributed by atoms with Crippen LogP contribution in [0.2, 0.25) is 5.15 Å². The Bertz CT molecular complexity index is 487. The number of halogens is 3. The van der Waals surface area contributed by atoms with E-state index in [0.717, 1.165) is 9.13 Å². The third-order valence-corrected chi connectivity index (χ3v) is 3.20. The molecular formula is C10H5ClFIN2. The van der Waals surface area contributed by atoms with Gasteiger partial charge in [-0.05, 0) is 46.9 Å². The van der Waals surface area contributed by atoms with E-state index in [2.05, 4.69) is 9.97 Å². The maximum atomic E-state index is 12.7. The SMILES string of the molecule is Fc1ccc(-c2ncc(I)c(Cl)n2)cc1. The van der Waals surface area contributed by atoms with Crippen LogP contribution in [-0.2, 0) is 0 Å². The van der Waals surface area contributed by atoms with Gasteiger partial charge in [-0.15, -0.1) is 0 Å². The van der Waals surface area contributed by atoms with Crippen LogP contribution in [-0.4, -0.2) is 9.97 Å². The molecule has 76 valence electrons. The molecule has 5 heteroatoms. The zero-order valence-corrected chi connectivity index (χ0v) is 10.3. The van der Waals surface area contributed by atoms with Crippen molar-refractivity contribution in [1.82, 2.24) is 9.97 Å². The Labute approximate surface area is 105 Å². The van der Waals surface area contributed by atoms with Gasteiger partial charge in [0.15, 0.2) is 5.82 Å². The van der Waals surface area contributed by atoms with Gasteiger partial charge in [-0.25, -0.2) is 14.4 Å². The lowest BCUT2D eigenvalue weighted by molar-refractivity contribution is 0.628. The lowest BCUT2D eigenvalue weighted by Gasteiger charge is -2.01. The van der Waals surface area contributed by atoms with Crippen molar-refractivity contribution in [3.8, 4) is 11.4 Å². The van der Waals surface area contributed by atoms with Crippen LogP contribution in [0.1, 0.15) is 0 Å². The first-order valence-corrected chi connectivity index (χ1v) is 5.56. The summed E-state index contributed by atoms with van der Waals surface area (Å²) >= 11 is 7.91. The van der Waals surface area contributed by atoms with Crippen molar-refractivity contribution in [3.05, 3.63) is 45.0 Å². The topological polar surface area (TPSA) is 25.8 Å². The first-order valence-electron chi connectivity index (χ1n) is 4.11. The second-order valence-corrected chi connectivity index (χ2v) is 4.36. The van der Waals surface area contributed by atoms with Crippen LogP contribution in [0.3, 0.4) is 0 Å². The van der Waals surface area contributed by atoms with Gasteiger partial charge in [0.2, 0.25) is 0 Å². The number of benzene rings is 1. The second-order valence-electron chi connectivity index (χ2n) is 2.84. The van der Waals surface area contributed by atoms with Crippen LogP contribution >= 0.6 is 34.2 Å². The highest BCUT2D eigenvalue weighted by molar-refractivity contribution is 14.1. The highest BCUT2D eigenvalue weighted by Gasteiger charge is 2.04. The fourth-order valence-corrected chi connectivity index (χ4v) is 1.47. The van der Waals surface area contributed by atoms with Gasteiger partial charge in [0, 0.05) is 11.8 Å². The van der Waals surface area contributed by atoms with E-state index in [-0.39, 0.29) is 5.82 Å². The van der Waals surface area contributed by atoms with Gasteiger partial charge in [0.05, 0.1) is 3.57 Å². The lowest BCUT2D eigenvalue weighted by atomic mass is 10.2. The van der Waals surface area contributed by atoms with Gasteiger partial charge < -0.3 is 0 Å². The standard InChI is InChI=1S/C10H5ClFIN2/c11-9-8(13)5-14-10(15-9)6-1-3-7(12)4-2-6/h1-5H. The van der Waals surface area contributed by atoms with Gasteiger partial charge in [-0.2, -0.15) is 0 Å². The summed E-state index contributed by atoms with van der Waals surface area (Å²) in [7, 11) is 0. The molecule has 1 heterocycles. The first-order chi connectivity index (χ1) is 7.16. The molecule has 0 N–H and O–H groups in total. The molecule has 0 bridgehead atoms. The molecule has 0 spiro atoms. The van der Waals surface area contributed by atoms with E-state index in [4.69, 9.17) is 11.6 Å². The smallest absolute Gasteiger partial charge is 0.160 e. The van der Waals surface area contributed by atoms with Gasteiger partial charge in [0.1, 0.15) is 11.0 Å². The summed E-state index contributed by atoms with van der Waals surface area (Å²) in [6, 6.07) is 5.97. The maximum Gasteiger partial charge on any atom is 0.160 e. The fourth-order valence-electron chi connectivity index (χ4n) is 1.08. The summed E-state index contributed by atoms with van der Waals surface area (Å²) in [5.74, 6) is 0.218. The molecule has 2 aromatic rings. The minimum Gasteiger partial charge on any atom is -0.235 e. The summed E-state index contributed by atoms with van der Waals surface area (Å²) in [5, 5.41) is 0.407. The van der Waals surface area contributed by atoms with E-state index in [1.807, 2.05) is 22.6 Å². The minimum absolute atomic E-state index is 0.282. The largest absolute Gasteiger partial charge is 0.235 e. The summed E-state index contributed by atoms with van der Waals surface area (Å²) in [6.07, 6.45) is 1.63. The molecule has 1 aromatic carbocycles. The highest BCUT2D eigenvalue weighted by atomic mass is 127. The van der Waals surface area contributed by atoms with Crippen molar-refractivity contribution in [1.29, 1.82) is 0 Å². The number of hydrogen-bond acceptors (Lipinski definition) is 2. The summed E-state index contributed by atoms with van der Waals surface area (Å²) in [5.41, 5.74) is 0.745. The van der Waals surface area contributed by atoms with Crippen molar-refractivity contribution in [2.75, 3.05) is 0 Å². The van der Waals surface area contributed by atoms with Crippen LogP contribution < -0.4 is 0 Å². The van der Waals surface area contributed by atoms with Crippen molar-refractivity contribution in [2.45, 2.75) is 0 Å². The molecule has 1 aromatic heterocycles. The van der Waals surface area contributed by atoms with E-state index in [9.17, 15) is 4.39 Å². The number of rotatable bonds is 1. The van der Waals surface area contributed by atoms with Crippen molar-refractivity contribution in [2.24, 2.45) is 0 Å². The Morgan fingerprint density at radius 2 is 1.87 bits per heavy atom. The number of hydrogen-bond donors (Lipinski definition) is 0. The van der Waals surface area contributed by atoms with Crippen LogP contribution in [0.25, 0.3) is 11.4 Å². The summed E-state index contributed by atoms with van der Waals surface area (Å²) in [4.78, 5) is 8.21. The normalized spacial score (nSPS) is 10.3. The Balaban J connectivity index is 2.45. The van der Waals surface area contributed by atoms with Crippen LogP contribution in [0.15, 0.2) is 30.5 Å². The molecule has 0 unspecified atom stereocenters. The van der Waals surface area contributed by atoms with Crippen molar-refractivity contribution >= 4 is 34.2 Å². The molecule has 0 radical (unpaired) electrons. The Morgan fingerprint density at radius 1 is 1.20 bits per heavy atom. The summed E-state index contributed by atoms with van der Waals surface area (Å²) < 4.78 is 13.5. The van der Waals surface area contributed by atoms with E-state index < -0.39 is 0 Å². The van der Waals surface area contributed by atoms with Gasteiger partial charge in [-0.3, -0.25) is 0 Å². The predicted molar refractivity (Wildman–Crippen MR) is 65.2 cm³/mol. The molecule has 0 fully saturated rings. The Hall–Kier alpha value is -0.750. The predicted octanol–water partition coefficient (Wildman–Crippen LogP) is 3.54. The number of nitrogens with zero attached hydrogens (tertiary/aromatic N) is 2. The Kier molecular flexibility index (Phi) is 3.16. The van der Waals surface area contributed by atoms with Crippen molar-refractivity contribution < 1.29 is 4.39 Å². The van der Waals surface area contributed by atoms with E-state index in [0.29, 0.717) is 11.0 Å². The molecule has 2 rings (SSSR count). The lowest BCUT2D eigenvalue weighted by Crippen LogP contribution is -1.91. The van der Waals surface area contributed by atoms with E-state index >= 15 is 0 Å². The molecule has 0 atom stereocenters. The molecule has 0 aliphatic rings. The van der Waals surface area contributed by atoms with E-state index in [1.54, 1.807) is 18.3 Å². The third-order valence-electron chi connectivity index (χ3n) is 1.80. The molecule has 0 amide bonds. The van der Waals surface area contributed by atoms with Crippen LogP contribution in [0, 0.1) is 9.39 Å². The van der Waals surface area contributed by atoms with E-state index in [1.165, 1.54) is 12.1 Å².